The van der Waals surface area contributed by atoms with Crippen LogP contribution >= 0.6 is 0 Å². The molecule has 0 saturated carbocycles. The van der Waals surface area contributed by atoms with Crippen LogP contribution in [0.5, 0.6) is 11.5 Å². The zero-order chi connectivity index (χ0) is 22.1. The molecule has 1 aromatic heterocycles. The van der Waals surface area contributed by atoms with Crippen molar-refractivity contribution in [2.45, 2.75) is 22.0 Å². The molecule has 1 aliphatic heterocycles. The number of nitrogens with one attached hydrogen (secondary N) is 1. The van der Waals surface area contributed by atoms with Gasteiger partial charge in [-0.2, -0.15) is 0 Å². The first kappa shape index (κ1) is 21.4. The maximum absolute atomic E-state index is 13.3. The van der Waals surface area contributed by atoms with Crippen molar-refractivity contribution in [1.29, 1.82) is 0 Å². The Balaban J connectivity index is 1.62. The van der Waals surface area contributed by atoms with Crippen LogP contribution in [0.1, 0.15) is 16.6 Å². The summed E-state index contributed by atoms with van der Waals surface area (Å²) in [4.78, 5) is 0.0284. The van der Waals surface area contributed by atoms with Crippen LogP contribution in [0.3, 0.4) is 0 Å². The minimum Gasteiger partial charge on any atom is -0.486 e. The molecule has 0 fully saturated rings. The van der Waals surface area contributed by atoms with Gasteiger partial charge < -0.3 is 13.9 Å². The minimum absolute atomic E-state index is 0.0531. The van der Waals surface area contributed by atoms with Gasteiger partial charge in [0.1, 0.15) is 24.2 Å². The molecule has 0 radical (unpaired) electrons. The summed E-state index contributed by atoms with van der Waals surface area (Å²) in [5.74, 6) is 0.926. The molecule has 8 nitrogen and oxygen atoms in total. The van der Waals surface area contributed by atoms with E-state index in [0.717, 1.165) is 5.56 Å². The van der Waals surface area contributed by atoms with Gasteiger partial charge in [0.2, 0.25) is 10.0 Å². The number of rotatable bonds is 7. The Morgan fingerprint density at radius 2 is 1.58 bits per heavy atom. The fraction of sp³-hybridized carbons (Fsp3) is 0.238. The lowest BCUT2D eigenvalue weighted by atomic mass is 10.2. The van der Waals surface area contributed by atoms with Crippen LogP contribution in [0.15, 0.2) is 75.1 Å². The Morgan fingerprint density at radius 3 is 2.26 bits per heavy atom. The monoisotopic (exact) mass is 463 g/mol. The Kier molecular flexibility index (Phi) is 5.78. The summed E-state index contributed by atoms with van der Waals surface area (Å²) in [6, 6.07) is 13.7. The molecule has 0 saturated heterocycles. The van der Waals surface area contributed by atoms with E-state index in [1.807, 2.05) is 6.92 Å². The van der Waals surface area contributed by atoms with Gasteiger partial charge in [-0.15, -0.1) is 0 Å². The number of benzene rings is 2. The highest BCUT2D eigenvalue weighted by atomic mass is 32.2. The van der Waals surface area contributed by atoms with E-state index in [1.54, 1.807) is 18.2 Å². The third-order valence-corrected chi connectivity index (χ3v) is 8.37. The Hall–Kier alpha value is -2.82. The van der Waals surface area contributed by atoms with Gasteiger partial charge in [-0.3, -0.25) is 0 Å². The lowest BCUT2D eigenvalue weighted by Crippen LogP contribution is -2.32. The third-order valence-electron chi connectivity index (χ3n) is 4.87. The summed E-state index contributed by atoms with van der Waals surface area (Å²) >= 11 is 0. The average Bonchev–Trinajstić information content (AvgIpc) is 3.28. The molecule has 31 heavy (non-hydrogen) atoms. The van der Waals surface area contributed by atoms with E-state index in [1.165, 1.54) is 42.7 Å². The normalized spacial score (nSPS) is 14.9. The van der Waals surface area contributed by atoms with E-state index in [4.69, 9.17) is 13.9 Å². The Labute approximate surface area is 180 Å². The molecular weight excluding hydrogens is 442 g/mol. The zero-order valence-electron chi connectivity index (χ0n) is 16.6. The molecule has 0 unspecified atom stereocenters. The van der Waals surface area contributed by atoms with Crippen molar-refractivity contribution >= 4 is 19.9 Å². The molecule has 0 bridgehead atoms. The van der Waals surface area contributed by atoms with E-state index < -0.39 is 31.7 Å². The number of hydrogen-bond acceptors (Lipinski definition) is 7. The fourth-order valence-electron chi connectivity index (χ4n) is 3.19. The van der Waals surface area contributed by atoms with Crippen molar-refractivity contribution in [1.82, 2.24) is 4.72 Å². The second kappa shape index (κ2) is 8.37. The third kappa shape index (κ3) is 4.46. The largest absolute Gasteiger partial charge is 0.486 e. The molecule has 164 valence electrons. The van der Waals surface area contributed by atoms with Gasteiger partial charge in [-0.05, 0) is 43.3 Å². The predicted molar refractivity (Wildman–Crippen MR) is 112 cm³/mol. The van der Waals surface area contributed by atoms with Gasteiger partial charge in [0, 0.05) is 12.6 Å². The molecular formula is C21H21NO7S2. The van der Waals surface area contributed by atoms with Gasteiger partial charge in [-0.25, -0.2) is 21.6 Å². The zero-order valence-corrected chi connectivity index (χ0v) is 18.3. The predicted octanol–water partition coefficient (Wildman–Crippen LogP) is 2.85. The van der Waals surface area contributed by atoms with Gasteiger partial charge in [0.15, 0.2) is 21.3 Å². The summed E-state index contributed by atoms with van der Waals surface area (Å²) < 4.78 is 70.8. The van der Waals surface area contributed by atoms with Crippen LogP contribution < -0.4 is 14.2 Å². The molecule has 2 heterocycles. The maximum atomic E-state index is 13.3. The standard InChI is InChI=1S/C21H21NO7S2/c1-15-4-6-16(7-5-15)30(23,24)21(19-3-2-10-27-19)14-22-31(25,26)17-8-9-18-20(13-17)29-12-11-28-18/h2-10,13,21-22H,11-12,14H2,1H3/t21-/m1/s1. The van der Waals surface area contributed by atoms with Crippen molar-refractivity contribution in [3.05, 3.63) is 72.2 Å². The second-order valence-corrected chi connectivity index (χ2v) is 10.9. The first-order valence-corrected chi connectivity index (χ1v) is 12.5. The molecule has 3 aromatic rings. The topological polar surface area (TPSA) is 112 Å². The van der Waals surface area contributed by atoms with Crippen molar-refractivity contribution in [3.8, 4) is 11.5 Å². The summed E-state index contributed by atoms with van der Waals surface area (Å²) in [6.45, 7) is 2.15. The van der Waals surface area contributed by atoms with Crippen molar-refractivity contribution < 1.29 is 30.7 Å². The van der Waals surface area contributed by atoms with E-state index in [-0.39, 0.29) is 15.6 Å². The highest BCUT2D eigenvalue weighted by Crippen LogP contribution is 2.33. The maximum Gasteiger partial charge on any atom is 0.240 e. The summed E-state index contributed by atoms with van der Waals surface area (Å²) in [7, 11) is -7.95. The van der Waals surface area contributed by atoms with Gasteiger partial charge in [0.25, 0.3) is 0 Å². The fourth-order valence-corrected chi connectivity index (χ4v) is 5.94. The molecule has 0 amide bonds. The van der Waals surface area contributed by atoms with E-state index in [0.29, 0.717) is 24.7 Å². The number of furan rings is 1. The first-order valence-electron chi connectivity index (χ1n) is 9.51. The molecule has 4 rings (SSSR count). The molecule has 1 N–H and O–H groups in total. The highest BCUT2D eigenvalue weighted by molar-refractivity contribution is 7.92. The lowest BCUT2D eigenvalue weighted by molar-refractivity contribution is 0.171. The van der Waals surface area contributed by atoms with Gasteiger partial charge in [-0.1, -0.05) is 17.7 Å². The highest BCUT2D eigenvalue weighted by Gasteiger charge is 2.33. The Bertz CT molecular complexity index is 1270. The molecule has 10 heteroatoms. The van der Waals surface area contributed by atoms with Crippen LogP contribution in [0.4, 0.5) is 0 Å². The molecule has 1 atom stereocenters. The molecule has 0 aliphatic carbocycles. The molecule has 1 aliphatic rings. The average molecular weight is 464 g/mol. The number of ether oxygens (including phenoxy) is 2. The van der Waals surface area contributed by atoms with Gasteiger partial charge >= 0.3 is 0 Å². The number of aryl methyl sites for hydroxylation is 1. The van der Waals surface area contributed by atoms with Crippen molar-refractivity contribution in [2.75, 3.05) is 19.8 Å². The summed E-state index contributed by atoms with van der Waals surface area (Å²) in [6.07, 6.45) is 1.35. The molecule has 2 aromatic carbocycles. The first-order chi connectivity index (χ1) is 14.8. The van der Waals surface area contributed by atoms with Crippen LogP contribution in [0.2, 0.25) is 0 Å². The van der Waals surface area contributed by atoms with Gasteiger partial charge in [0.05, 0.1) is 16.1 Å². The van der Waals surface area contributed by atoms with Crippen LogP contribution in [0, 0.1) is 6.92 Å². The summed E-state index contributed by atoms with van der Waals surface area (Å²) in [5, 5.41) is -1.24. The Morgan fingerprint density at radius 1 is 0.903 bits per heavy atom. The van der Waals surface area contributed by atoms with Crippen LogP contribution in [0.25, 0.3) is 0 Å². The smallest absolute Gasteiger partial charge is 0.240 e. The molecule has 0 spiro atoms. The van der Waals surface area contributed by atoms with E-state index in [9.17, 15) is 16.8 Å². The number of hydrogen-bond donors (Lipinski definition) is 1. The van der Waals surface area contributed by atoms with Crippen molar-refractivity contribution in [2.24, 2.45) is 0 Å². The van der Waals surface area contributed by atoms with Crippen LogP contribution in [-0.4, -0.2) is 36.6 Å². The second-order valence-electron chi connectivity index (χ2n) is 7.02. The SMILES string of the molecule is Cc1ccc(S(=O)(=O)[C@H](CNS(=O)(=O)c2ccc3c(c2)OCCO3)c2ccco2)cc1. The minimum atomic E-state index is -4.02. The summed E-state index contributed by atoms with van der Waals surface area (Å²) in [5.41, 5.74) is 0.910. The quantitative estimate of drug-likeness (QED) is 0.573. The lowest BCUT2D eigenvalue weighted by Gasteiger charge is -2.20. The number of sulfonamides is 1. The number of fused-ring (bicyclic) bond motifs is 1. The van der Waals surface area contributed by atoms with E-state index in [2.05, 4.69) is 4.72 Å². The number of sulfone groups is 1. The van der Waals surface area contributed by atoms with Crippen LogP contribution in [-0.2, 0) is 19.9 Å². The van der Waals surface area contributed by atoms with E-state index >= 15 is 0 Å². The van der Waals surface area contributed by atoms with Crippen molar-refractivity contribution in [3.63, 3.8) is 0 Å².